The summed E-state index contributed by atoms with van der Waals surface area (Å²) >= 11 is 0. The normalized spacial score (nSPS) is 17.2. The van der Waals surface area contributed by atoms with Crippen molar-refractivity contribution in [1.82, 2.24) is 9.97 Å². The Bertz CT molecular complexity index is 718. The number of amides is 1. The van der Waals surface area contributed by atoms with Crippen molar-refractivity contribution in [2.75, 3.05) is 28.6 Å². The van der Waals surface area contributed by atoms with Crippen LogP contribution in [0.15, 0.2) is 36.7 Å². The van der Waals surface area contributed by atoms with Crippen molar-refractivity contribution in [2.45, 2.75) is 38.1 Å². The first kappa shape index (κ1) is 15.9. The molecule has 1 saturated heterocycles. The molecule has 1 amide bonds. The van der Waals surface area contributed by atoms with Crippen molar-refractivity contribution in [3.8, 4) is 0 Å². The van der Waals surface area contributed by atoms with Gasteiger partial charge in [0.2, 0.25) is 5.95 Å². The van der Waals surface area contributed by atoms with E-state index in [-0.39, 0.29) is 5.91 Å². The van der Waals surface area contributed by atoms with Crippen LogP contribution in [0.1, 0.15) is 42.5 Å². The van der Waals surface area contributed by atoms with Gasteiger partial charge in [-0.05, 0) is 56.4 Å². The second-order valence-electron chi connectivity index (χ2n) is 6.76. The molecule has 0 atom stereocenters. The van der Waals surface area contributed by atoms with E-state index in [1.807, 2.05) is 12.1 Å². The molecule has 1 saturated carbocycles. The number of benzene rings is 1. The van der Waals surface area contributed by atoms with Crippen LogP contribution in [0, 0.1) is 0 Å². The highest BCUT2D eigenvalue weighted by Crippen LogP contribution is 2.23. The second kappa shape index (κ2) is 7.09. The quantitative estimate of drug-likeness (QED) is 0.876. The molecular weight excluding hydrogens is 314 g/mol. The molecule has 1 aliphatic carbocycles. The lowest BCUT2D eigenvalue weighted by Crippen LogP contribution is -2.29. The molecule has 2 aromatic rings. The molecule has 0 radical (unpaired) electrons. The molecule has 1 aromatic heterocycles. The van der Waals surface area contributed by atoms with E-state index in [0.717, 1.165) is 18.8 Å². The zero-order valence-electron chi connectivity index (χ0n) is 14.2. The van der Waals surface area contributed by atoms with Crippen LogP contribution in [0.25, 0.3) is 0 Å². The highest BCUT2D eigenvalue weighted by atomic mass is 16.1. The smallest absolute Gasteiger partial charge is 0.258 e. The Morgan fingerprint density at radius 1 is 1.00 bits per heavy atom. The molecule has 1 aliphatic heterocycles. The van der Waals surface area contributed by atoms with Gasteiger partial charge in [0.05, 0.1) is 5.56 Å². The first-order valence-corrected chi connectivity index (χ1v) is 9.03. The molecule has 1 aromatic carbocycles. The number of nitrogens with zero attached hydrogens (tertiary/aromatic N) is 3. The maximum Gasteiger partial charge on any atom is 0.258 e. The van der Waals surface area contributed by atoms with E-state index in [9.17, 15) is 4.79 Å². The van der Waals surface area contributed by atoms with E-state index in [1.54, 1.807) is 12.4 Å². The lowest BCUT2D eigenvalue weighted by atomic mass is 10.1. The Labute approximate surface area is 147 Å². The van der Waals surface area contributed by atoms with Crippen molar-refractivity contribution in [3.63, 3.8) is 0 Å². The van der Waals surface area contributed by atoms with Gasteiger partial charge in [-0.2, -0.15) is 0 Å². The fourth-order valence-electron chi connectivity index (χ4n) is 3.04. The highest BCUT2D eigenvalue weighted by Gasteiger charge is 2.21. The fourth-order valence-corrected chi connectivity index (χ4v) is 3.04. The molecule has 6 nitrogen and oxygen atoms in total. The van der Waals surface area contributed by atoms with Gasteiger partial charge in [0.25, 0.3) is 5.91 Å². The van der Waals surface area contributed by atoms with E-state index in [0.29, 0.717) is 17.6 Å². The number of rotatable bonds is 5. The van der Waals surface area contributed by atoms with Gasteiger partial charge in [-0.25, -0.2) is 9.97 Å². The number of hydrogen-bond donors (Lipinski definition) is 2. The van der Waals surface area contributed by atoms with Crippen molar-refractivity contribution < 1.29 is 4.79 Å². The number of piperidine rings is 1. The molecule has 6 heteroatoms. The molecule has 0 bridgehead atoms. The van der Waals surface area contributed by atoms with E-state index >= 15 is 0 Å². The molecule has 25 heavy (non-hydrogen) atoms. The van der Waals surface area contributed by atoms with E-state index in [2.05, 4.69) is 37.6 Å². The van der Waals surface area contributed by atoms with E-state index in [4.69, 9.17) is 0 Å². The summed E-state index contributed by atoms with van der Waals surface area (Å²) in [6.07, 6.45) is 9.29. The number of anilines is 3. The van der Waals surface area contributed by atoms with Gasteiger partial charge < -0.3 is 15.5 Å². The molecule has 0 spiro atoms. The summed E-state index contributed by atoms with van der Waals surface area (Å²) in [5, 5.41) is 6.11. The first-order chi connectivity index (χ1) is 12.3. The number of carbonyl (C=O) groups excluding carboxylic acids is 1. The summed E-state index contributed by atoms with van der Waals surface area (Å²) in [7, 11) is 0. The minimum Gasteiger partial charge on any atom is -0.372 e. The van der Waals surface area contributed by atoms with Gasteiger partial charge >= 0.3 is 0 Å². The average molecular weight is 337 g/mol. The van der Waals surface area contributed by atoms with Gasteiger partial charge in [-0.3, -0.25) is 4.79 Å². The number of carbonyl (C=O) groups is 1. The average Bonchev–Trinajstić information content (AvgIpc) is 3.48. The SMILES string of the molecule is O=C(Nc1ccc(N2CCCCC2)cc1)c1cnc(NC2CC2)nc1. The van der Waals surface area contributed by atoms with Crippen LogP contribution in [0.3, 0.4) is 0 Å². The van der Waals surface area contributed by atoms with Crippen LogP contribution in [0.2, 0.25) is 0 Å². The predicted molar refractivity (Wildman–Crippen MR) is 99.1 cm³/mol. The third-order valence-corrected chi connectivity index (χ3v) is 4.67. The lowest BCUT2D eigenvalue weighted by molar-refractivity contribution is 0.102. The summed E-state index contributed by atoms with van der Waals surface area (Å²) in [5.74, 6) is 0.397. The molecule has 0 unspecified atom stereocenters. The molecular formula is C19H23N5O. The largest absolute Gasteiger partial charge is 0.372 e. The molecule has 2 heterocycles. The molecule has 2 aliphatic rings. The summed E-state index contributed by atoms with van der Waals surface area (Å²) < 4.78 is 0. The third kappa shape index (κ3) is 4.07. The topological polar surface area (TPSA) is 70.2 Å². The van der Waals surface area contributed by atoms with Crippen LogP contribution in [-0.2, 0) is 0 Å². The van der Waals surface area contributed by atoms with Gasteiger partial charge in [0, 0.05) is 42.9 Å². The molecule has 2 fully saturated rings. The zero-order chi connectivity index (χ0) is 17.1. The molecule has 4 rings (SSSR count). The van der Waals surface area contributed by atoms with Crippen LogP contribution in [-0.4, -0.2) is 35.0 Å². The van der Waals surface area contributed by atoms with E-state index in [1.165, 1.54) is 37.8 Å². The minimum atomic E-state index is -0.191. The van der Waals surface area contributed by atoms with Crippen molar-refractivity contribution >= 4 is 23.2 Å². The van der Waals surface area contributed by atoms with Gasteiger partial charge in [0.15, 0.2) is 0 Å². The Morgan fingerprint density at radius 3 is 2.32 bits per heavy atom. The second-order valence-corrected chi connectivity index (χ2v) is 6.76. The zero-order valence-corrected chi connectivity index (χ0v) is 14.2. The minimum absolute atomic E-state index is 0.191. The maximum atomic E-state index is 12.3. The summed E-state index contributed by atoms with van der Waals surface area (Å²) in [5.41, 5.74) is 2.46. The van der Waals surface area contributed by atoms with Crippen molar-refractivity contribution in [3.05, 3.63) is 42.2 Å². The Kier molecular flexibility index (Phi) is 4.50. The van der Waals surface area contributed by atoms with Crippen LogP contribution >= 0.6 is 0 Å². The Hall–Kier alpha value is -2.63. The van der Waals surface area contributed by atoms with Gasteiger partial charge in [-0.1, -0.05) is 0 Å². The molecule has 130 valence electrons. The van der Waals surface area contributed by atoms with Crippen LogP contribution in [0.5, 0.6) is 0 Å². The van der Waals surface area contributed by atoms with Gasteiger partial charge in [-0.15, -0.1) is 0 Å². The first-order valence-electron chi connectivity index (χ1n) is 9.03. The van der Waals surface area contributed by atoms with Crippen LogP contribution in [0.4, 0.5) is 17.3 Å². The standard InChI is InChI=1S/C19H23N5O/c25-18(14-12-20-19(21-13-14)23-16-4-5-16)22-15-6-8-17(9-7-15)24-10-2-1-3-11-24/h6-9,12-13,16H,1-5,10-11H2,(H,22,25)(H,20,21,23). The van der Waals surface area contributed by atoms with E-state index < -0.39 is 0 Å². The Morgan fingerprint density at radius 2 is 1.68 bits per heavy atom. The van der Waals surface area contributed by atoms with Crippen LogP contribution < -0.4 is 15.5 Å². The Balaban J connectivity index is 1.36. The number of hydrogen-bond acceptors (Lipinski definition) is 5. The summed E-state index contributed by atoms with van der Waals surface area (Å²) in [6, 6.07) is 8.54. The molecule has 2 N–H and O–H groups in total. The third-order valence-electron chi connectivity index (χ3n) is 4.67. The number of nitrogens with one attached hydrogen (secondary N) is 2. The van der Waals surface area contributed by atoms with Crippen molar-refractivity contribution in [1.29, 1.82) is 0 Å². The predicted octanol–water partition coefficient (Wildman–Crippen LogP) is 3.29. The fraction of sp³-hybridized carbons (Fsp3) is 0.421. The van der Waals surface area contributed by atoms with Crippen molar-refractivity contribution in [2.24, 2.45) is 0 Å². The summed E-state index contributed by atoms with van der Waals surface area (Å²) in [4.78, 5) is 23.1. The lowest BCUT2D eigenvalue weighted by Gasteiger charge is -2.28. The highest BCUT2D eigenvalue weighted by molar-refractivity contribution is 6.03. The maximum absolute atomic E-state index is 12.3. The monoisotopic (exact) mass is 337 g/mol. The number of aromatic nitrogens is 2. The van der Waals surface area contributed by atoms with Gasteiger partial charge in [0.1, 0.15) is 0 Å². The summed E-state index contributed by atoms with van der Waals surface area (Å²) in [6.45, 7) is 2.23.